The van der Waals surface area contributed by atoms with Crippen molar-refractivity contribution >= 4 is 11.8 Å². The van der Waals surface area contributed by atoms with Gasteiger partial charge in [-0.1, -0.05) is 0 Å². The van der Waals surface area contributed by atoms with Crippen LogP contribution in [-0.4, -0.2) is 29.1 Å². The van der Waals surface area contributed by atoms with Crippen LogP contribution in [0.25, 0.3) is 0 Å². The van der Waals surface area contributed by atoms with E-state index in [1.54, 1.807) is 4.90 Å². The molecule has 0 spiro atoms. The second-order valence-corrected chi connectivity index (χ2v) is 4.88. The predicted molar refractivity (Wildman–Crippen MR) is 66.5 cm³/mol. The van der Waals surface area contributed by atoms with E-state index >= 15 is 0 Å². The smallest absolute Gasteiger partial charge is 0.433 e. The van der Waals surface area contributed by atoms with Crippen LogP contribution in [0, 0.1) is 17.2 Å². The maximum absolute atomic E-state index is 12.7. The molecule has 0 amide bonds. The monoisotopic (exact) mass is 299 g/mol. The van der Waals surface area contributed by atoms with E-state index in [4.69, 9.17) is 10.4 Å². The number of rotatable bonds is 3. The van der Waals surface area contributed by atoms with Crippen LogP contribution in [0.1, 0.15) is 24.1 Å². The summed E-state index contributed by atoms with van der Waals surface area (Å²) in [6, 6.07) is 3.68. The number of carboxylic acids is 1. The molecule has 2 heterocycles. The van der Waals surface area contributed by atoms with E-state index in [2.05, 4.69) is 4.98 Å². The van der Waals surface area contributed by atoms with E-state index < -0.39 is 17.8 Å². The lowest BCUT2D eigenvalue weighted by atomic mass is 10.1. The number of alkyl halides is 3. The minimum atomic E-state index is -4.58. The number of nitrogens with zero attached hydrogens (tertiary/aromatic N) is 3. The number of aliphatic carboxylic acids is 1. The van der Waals surface area contributed by atoms with E-state index in [9.17, 15) is 18.0 Å². The predicted octanol–water partition coefficient (Wildman–Crippen LogP) is 2.27. The lowest BCUT2D eigenvalue weighted by Gasteiger charge is -2.19. The van der Waals surface area contributed by atoms with Crippen LogP contribution >= 0.6 is 0 Å². The maximum atomic E-state index is 12.7. The number of hydrogen-bond acceptors (Lipinski definition) is 4. The van der Waals surface area contributed by atoms with Gasteiger partial charge in [0, 0.05) is 19.5 Å². The van der Waals surface area contributed by atoms with Gasteiger partial charge in [0.15, 0.2) is 0 Å². The van der Waals surface area contributed by atoms with Crippen LogP contribution in [0.2, 0.25) is 0 Å². The van der Waals surface area contributed by atoms with E-state index in [1.807, 2.05) is 6.07 Å². The summed E-state index contributed by atoms with van der Waals surface area (Å²) >= 11 is 0. The van der Waals surface area contributed by atoms with E-state index in [0.717, 1.165) is 12.1 Å². The van der Waals surface area contributed by atoms with E-state index in [0.29, 0.717) is 13.0 Å². The third kappa shape index (κ3) is 3.42. The molecule has 0 saturated carbocycles. The highest BCUT2D eigenvalue weighted by Gasteiger charge is 2.34. The largest absolute Gasteiger partial charge is 0.481 e. The number of carboxylic acid groups (broad SMARTS) is 1. The minimum Gasteiger partial charge on any atom is -0.481 e. The molecule has 1 atom stereocenters. The van der Waals surface area contributed by atoms with Crippen molar-refractivity contribution in [3.63, 3.8) is 0 Å². The zero-order chi connectivity index (χ0) is 15.6. The highest BCUT2D eigenvalue weighted by atomic mass is 19.4. The van der Waals surface area contributed by atoms with Gasteiger partial charge in [-0.05, 0) is 24.5 Å². The van der Waals surface area contributed by atoms with Crippen molar-refractivity contribution in [2.75, 3.05) is 18.0 Å². The van der Waals surface area contributed by atoms with Gasteiger partial charge in [0.1, 0.15) is 17.6 Å². The summed E-state index contributed by atoms with van der Waals surface area (Å²) in [5.74, 6) is -1.12. The molecule has 21 heavy (non-hydrogen) atoms. The number of nitriles is 1. The second kappa shape index (κ2) is 5.60. The fraction of sp³-hybridized carbons (Fsp3) is 0.462. The van der Waals surface area contributed by atoms with Gasteiger partial charge in [-0.2, -0.15) is 18.4 Å². The van der Waals surface area contributed by atoms with Crippen molar-refractivity contribution in [1.82, 2.24) is 4.98 Å². The average Bonchev–Trinajstić information content (AvgIpc) is 2.84. The SMILES string of the molecule is N#Cc1ccc(C(F)(F)F)nc1N1CCC(CC(=O)O)C1. The molecule has 1 saturated heterocycles. The fourth-order valence-electron chi connectivity index (χ4n) is 2.37. The first-order chi connectivity index (χ1) is 9.81. The van der Waals surface area contributed by atoms with Crippen LogP contribution in [0.5, 0.6) is 0 Å². The lowest BCUT2D eigenvalue weighted by molar-refractivity contribution is -0.141. The molecule has 2 rings (SSSR count). The van der Waals surface area contributed by atoms with Crippen molar-refractivity contribution in [3.8, 4) is 6.07 Å². The molecule has 5 nitrogen and oxygen atoms in total. The molecule has 1 aromatic heterocycles. The van der Waals surface area contributed by atoms with Crippen LogP contribution in [0.3, 0.4) is 0 Å². The summed E-state index contributed by atoms with van der Waals surface area (Å²) in [7, 11) is 0. The molecule has 1 aliphatic rings. The molecular formula is C13H12F3N3O2. The summed E-state index contributed by atoms with van der Waals surface area (Å²) < 4.78 is 38.1. The first kappa shape index (κ1) is 15.1. The fourth-order valence-corrected chi connectivity index (χ4v) is 2.37. The number of hydrogen-bond donors (Lipinski definition) is 1. The van der Waals surface area contributed by atoms with Crippen molar-refractivity contribution in [2.24, 2.45) is 5.92 Å². The van der Waals surface area contributed by atoms with Gasteiger partial charge in [-0.25, -0.2) is 4.98 Å². The number of carbonyl (C=O) groups is 1. The molecule has 1 aliphatic heterocycles. The zero-order valence-electron chi connectivity index (χ0n) is 10.9. The summed E-state index contributed by atoms with van der Waals surface area (Å²) in [6.07, 6.45) is -4.07. The number of pyridine rings is 1. The van der Waals surface area contributed by atoms with Gasteiger partial charge in [-0.15, -0.1) is 0 Å². The third-order valence-corrected chi connectivity index (χ3v) is 3.33. The molecule has 1 unspecified atom stereocenters. The summed E-state index contributed by atoms with van der Waals surface area (Å²) in [5.41, 5.74) is -1.00. The molecule has 1 N–H and O–H groups in total. The van der Waals surface area contributed by atoms with E-state index in [-0.39, 0.29) is 30.3 Å². The van der Waals surface area contributed by atoms with Gasteiger partial charge < -0.3 is 10.0 Å². The Morgan fingerprint density at radius 3 is 2.81 bits per heavy atom. The molecule has 8 heteroatoms. The quantitative estimate of drug-likeness (QED) is 0.926. The highest BCUT2D eigenvalue weighted by molar-refractivity contribution is 5.67. The normalized spacial score (nSPS) is 18.6. The minimum absolute atomic E-state index is 0.0276. The average molecular weight is 299 g/mol. The Labute approximate surface area is 118 Å². The Balaban J connectivity index is 2.27. The van der Waals surface area contributed by atoms with Gasteiger partial charge in [0.25, 0.3) is 0 Å². The number of halogens is 3. The van der Waals surface area contributed by atoms with Gasteiger partial charge in [0.2, 0.25) is 0 Å². The van der Waals surface area contributed by atoms with Crippen molar-refractivity contribution in [3.05, 3.63) is 23.4 Å². The molecule has 1 aromatic rings. The van der Waals surface area contributed by atoms with Gasteiger partial charge >= 0.3 is 12.1 Å². The molecule has 0 radical (unpaired) electrons. The molecule has 0 aliphatic carbocycles. The maximum Gasteiger partial charge on any atom is 0.433 e. The molecular weight excluding hydrogens is 287 g/mol. The Morgan fingerprint density at radius 2 is 2.24 bits per heavy atom. The molecule has 0 aromatic carbocycles. The number of aromatic nitrogens is 1. The Hall–Kier alpha value is -2.30. The third-order valence-electron chi connectivity index (χ3n) is 3.33. The Kier molecular flexibility index (Phi) is 4.02. The van der Waals surface area contributed by atoms with Gasteiger partial charge in [0.05, 0.1) is 5.56 Å². The first-order valence-corrected chi connectivity index (χ1v) is 6.26. The van der Waals surface area contributed by atoms with Crippen molar-refractivity contribution < 1.29 is 23.1 Å². The van der Waals surface area contributed by atoms with Crippen LogP contribution < -0.4 is 4.90 Å². The second-order valence-electron chi connectivity index (χ2n) is 4.88. The summed E-state index contributed by atoms with van der Waals surface area (Å²) in [5, 5.41) is 17.7. The van der Waals surface area contributed by atoms with Gasteiger partial charge in [-0.3, -0.25) is 4.79 Å². The van der Waals surface area contributed by atoms with Crippen molar-refractivity contribution in [2.45, 2.75) is 19.0 Å². The molecule has 0 bridgehead atoms. The summed E-state index contributed by atoms with van der Waals surface area (Å²) in [6.45, 7) is 0.677. The standard InChI is InChI=1S/C13H12F3N3O2/c14-13(15,16)10-2-1-9(6-17)12(18-10)19-4-3-8(7-19)5-11(20)21/h1-2,8H,3-5,7H2,(H,20,21). The van der Waals surface area contributed by atoms with Crippen LogP contribution in [0.15, 0.2) is 12.1 Å². The lowest BCUT2D eigenvalue weighted by Crippen LogP contribution is -2.24. The first-order valence-electron chi connectivity index (χ1n) is 6.26. The molecule has 112 valence electrons. The Morgan fingerprint density at radius 1 is 1.52 bits per heavy atom. The van der Waals surface area contributed by atoms with E-state index in [1.165, 1.54) is 0 Å². The Bertz CT molecular complexity index is 595. The van der Waals surface area contributed by atoms with Crippen molar-refractivity contribution in [1.29, 1.82) is 5.26 Å². The topological polar surface area (TPSA) is 77.2 Å². The highest BCUT2D eigenvalue weighted by Crippen LogP contribution is 2.32. The number of anilines is 1. The van der Waals surface area contributed by atoms with Crippen LogP contribution in [-0.2, 0) is 11.0 Å². The summed E-state index contributed by atoms with van der Waals surface area (Å²) in [4.78, 5) is 15.8. The zero-order valence-corrected chi connectivity index (χ0v) is 10.9. The van der Waals surface area contributed by atoms with Crippen LogP contribution in [0.4, 0.5) is 19.0 Å². The molecule has 1 fully saturated rings.